The monoisotopic (exact) mass is 433 g/mol. The Hall–Kier alpha value is -3.14. The number of aromatic nitrogens is 4. The smallest absolute Gasteiger partial charge is 0.347 e. The van der Waals surface area contributed by atoms with Crippen molar-refractivity contribution in [2.75, 3.05) is 0 Å². The molecule has 156 valence electrons. The number of aryl methyl sites for hydroxylation is 2. The van der Waals surface area contributed by atoms with Gasteiger partial charge in [-0.25, -0.2) is 4.68 Å². The van der Waals surface area contributed by atoms with Crippen LogP contribution >= 0.6 is 11.3 Å². The Morgan fingerprint density at radius 3 is 2.53 bits per heavy atom. The van der Waals surface area contributed by atoms with E-state index in [1.165, 1.54) is 13.1 Å². The molecule has 0 saturated heterocycles. The molecule has 30 heavy (non-hydrogen) atoms. The summed E-state index contributed by atoms with van der Waals surface area (Å²) < 4.78 is 42.4. The normalized spacial score (nSPS) is 11.9. The van der Waals surface area contributed by atoms with Crippen LogP contribution < -0.4 is 5.32 Å². The number of hydrogen-bond acceptors (Lipinski definition) is 4. The van der Waals surface area contributed by atoms with Crippen molar-refractivity contribution in [2.24, 2.45) is 7.05 Å². The molecular formula is C20H18F3N5OS. The molecule has 1 amide bonds. The summed E-state index contributed by atoms with van der Waals surface area (Å²) in [4.78, 5) is 13.1. The lowest BCUT2D eigenvalue weighted by Crippen LogP contribution is -2.22. The second kappa shape index (κ2) is 7.28. The number of nitrogens with zero attached hydrogens (tertiary/aromatic N) is 4. The van der Waals surface area contributed by atoms with Gasteiger partial charge in [0.25, 0.3) is 5.91 Å². The Bertz CT molecular complexity index is 1240. The van der Waals surface area contributed by atoms with Gasteiger partial charge >= 0.3 is 6.18 Å². The van der Waals surface area contributed by atoms with Crippen molar-refractivity contribution >= 4 is 27.5 Å². The third kappa shape index (κ3) is 3.47. The molecule has 0 fully saturated rings. The average Bonchev–Trinajstić information content (AvgIpc) is 3.34. The van der Waals surface area contributed by atoms with Crippen molar-refractivity contribution in [3.63, 3.8) is 0 Å². The number of nitrogens with one attached hydrogen (secondary N) is 1. The molecule has 0 aliphatic carbocycles. The molecule has 0 unspecified atom stereocenters. The van der Waals surface area contributed by atoms with Gasteiger partial charge in [0.1, 0.15) is 4.83 Å². The topological polar surface area (TPSA) is 64.7 Å². The van der Waals surface area contributed by atoms with Crippen LogP contribution in [0.5, 0.6) is 0 Å². The van der Waals surface area contributed by atoms with E-state index in [1.54, 1.807) is 4.68 Å². The van der Waals surface area contributed by atoms with Gasteiger partial charge < -0.3 is 5.32 Å². The zero-order valence-corrected chi connectivity index (χ0v) is 17.2. The van der Waals surface area contributed by atoms with Gasteiger partial charge in [-0.1, -0.05) is 18.2 Å². The van der Waals surface area contributed by atoms with Crippen molar-refractivity contribution in [1.82, 2.24) is 24.9 Å². The van der Waals surface area contributed by atoms with Crippen LogP contribution in [0.3, 0.4) is 0 Å². The van der Waals surface area contributed by atoms with E-state index >= 15 is 0 Å². The highest BCUT2D eigenvalue weighted by atomic mass is 32.1. The molecule has 0 bridgehead atoms. The predicted octanol–water partition coefficient (Wildman–Crippen LogP) is 4.39. The molecule has 0 aliphatic rings. The molecule has 6 nitrogen and oxygen atoms in total. The second-order valence-corrected chi connectivity index (χ2v) is 7.91. The summed E-state index contributed by atoms with van der Waals surface area (Å²) in [5, 5.41) is 10.8. The Kier molecular flexibility index (Phi) is 4.89. The second-order valence-electron chi connectivity index (χ2n) is 6.88. The van der Waals surface area contributed by atoms with Crippen molar-refractivity contribution in [1.29, 1.82) is 0 Å². The number of carbonyl (C=O) groups is 1. The fraction of sp³-hybridized carbons (Fsp3) is 0.250. The van der Waals surface area contributed by atoms with Gasteiger partial charge in [0, 0.05) is 30.2 Å². The molecule has 10 heteroatoms. The summed E-state index contributed by atoms with van der Waals surface area (Å²) in [6.45, 7) is 3.99. The van der Waals surface area contributed by atoms with Crippen LogP contribution in [0.15, 0.2) is 36.4 Å². The first-order chi connectivity index (χ1) is 14.2. The third-order valence-electron chi connectivity index (χ3n) is 4.87. The number of fused-ring (bicyclic) bond motifs is 1. The highest BCUT2D eigenvalue weighted by Gasteiger charge is 2.37. The lowest BCUT2D eigenvalue weighted by atomic mass is 10.2. The lowest BCUT2D eigenvalue weighted by molar-refractivity contribution is -0.140. The third-order valence-corrected chi connectivity index (χ3v) is 6.07. The van der Waals surface area contributed by atoms with Crippen molar-refractivity contribution in [2.45, 2.75) is 26.6 Å². The van der Waals surface area contributed by atoms with Gasteiger partial charge in [-0.2, -0.15) is 23.4 Å². The summed E-state index contributed by atoms with van der Waals surface area (Å²) in [5.74, 6) is -0.435. The first-order valence-electron chi connectivity index (χ1n) is 9.09. The molecule has 1 N–H and O–H groups in total. The van der Waals surface area contributed by atoms with Gasteiger partial charge in [-0.05, 0) is 32.0 Å². The van der Waals surface area contributed by atoms with Crippen LogP contribution in [0, 0.1) is 13.8 Å². The van der Waals surface area contributed by atoms with E-state index in [0.717, 1.165) is 38.7 Å². The Balaban J connectivity index is 1.57. The maximum Gasteiger partial charge on any atom is 0.435 e. The quantitative estimate of drug-likeness (QED) is 0.519. The summed E-state index contributed by atoms with van der Waals surface area (Å²) in [6.07, 6.45) is -4.57. The molecule has 4 rings (SSSR count). The number of benzene rings is 1. The van der Waals surface area contributed by atoms with Crippen LogP contribution in [-0.2, 0) is 19.8 Å². The predicted molar refractivity (Wildman–Crippen MR) is 108 cm³/mol. The van der Waals surface area contributed by atoms with Gasteiger partial charge in [0.15, 0.2) is 5.69 Å². The lowest BCUT2D eigenvalue weighted by Gasteiger charge is -2.06. The summed E-state index contributed by atoms with van der Waals surface area (Å²) >= 11 is 0.982. The maximum atomic E-state index is 13.2. The number of amides is 1. The van der Waals surface area contributed by atoms with Crippen molar-refractivity contribution < 1.29 is 18.0 Å². The highest BCUT2D eigenvalue weighted by molar-refractivity contribution is 7.20. The Morgan fingerprint density at radius 2 is 1.87 bits per heavy atom. The number of halogens is 3. The molecule has 3 aromatic heterocycles. The zero-order chi connectivity index (χ0) is 21.6. The number of thiophene rings is 1. The van der Waals surface area contributed by atoms with Crippen molar-refractivity contribution in [3.8, 4) is 5.69 Å². The van der Waals surface area contributed by atoms with Gasteiger partial charge in [0.05, 0.1) is 16.3 Å². The number of alkyl halides is 3. The highest BCUT2D eigenvalue weighted by Crippen LogP contribution is 2.37. The number of rotatable bonds is 4. The minimum Gasteiger partial charge on any atom is -0.347 e. The number of para-hydroxylation sites is 1. The molecular weight excluding hydrogens is 415 g/mol. The van der Waals surface area contributed by atoms with E-state index < -0.39 is 17.8 Å². The van der Waals surface area contributed by atoms with Crippen LogP contribution in [0.4, 0.5) is 13.2 Å². The maximum absolute atomic E-state index is 13.2. The molecule has 3 heterocycles. The van der Waals surface area contributed by atoms with E-state index in [0.29, 0.717) is 4.83 Å². The standard InChI is InChI=1S/C20H18F3N5OS/c1-11-15(12(2)28(25-11)13-7-5-4-6-8-13)10-24-18(29)16-9-14-17(20(21,22)23)26-27(3)19(14)30-16/h4-9H,10H2,1-3H3,(H,24,29). The molecule has 1 aromatic carbocycles. The zero-order valence-electron chi connectivity index (χ0n) is 16.4. The SMILES string of the molecule is Cc1nn(-c2ccccc2)c(C)c1CNC(=O)c1cc2c(C(F)(F)F)nn(C)c2s1. The van der Waals surface area contributed by atoms with E-state index in [2.05, 4.69) is 15.5 Å². The summed E-state index contributed by atoms with van der Waals surface area (Å²) in [5.41, 5.74) is 2.46. The van der Waals surface area contributed by atoms with E-state index in [-0.39, 0.29) is 16.8 Å². The summed E-state index contributed by atoms with van der Waals surface area (Å²) in [7, 11) is 1.43. The first-order valence-corrected chi connectivity index (χ1v) is 9.91. The fourth-order valence-electron chi connectivity index (χ4n) is 3.37. The van der Waals surface area contributed by atoms with Crippen LogP contribution in [-0.4, -0.2) is 25.5 Å². The van der Waals surface area contributed by atoms with Crippen molar-refractivity contribution in [3.05, 3.63) is 63.9 Å². The Labute approximate surface area is 173 Å². The van der Waals surface area contributed by atoms with Crippen LogP contribution in [0.2, 0.25) is 0 Å². The van der Waals surface area contributed by atoms with E-state index in [4.69, 9.17) is 0 Å². The molecule has 4 aromatic rings. The molecule has 0 saturated carbocycles. The first kappa shape index (κ1) is 20.1. The molecule has 0 spiro atoms. The van der Waals surface area contributed by atoms with Gasteiger partial charge in [-0.3, -0.25) is 9.48 Å². The fourth-order valence-corrected chi connectivity index (χ4v) is 4.36. The number of carbonyl (C=O) groups excluding carboxylic acids is 1. The van der Waals surface area contributed by atoms with Crippen LogP contribution in [0.1, 0.15) is 32.3 Å². The van der Waals surface area contributed by atoms with E-state index in [1.807, 2.05) is 44.2 Å². The average molecular weight is 433 g/mol. The van der Waals surface area contributed by atoms with Gasteiger partial charge in [0.2, 0.25) is 0 Å². The number of hydrogen-bond donors (Lipinski definition) is 1. The van der Waals surface area contributed by atoms with Crippen LogP contribution in [0.25, 0.3) is 15.9 Å². The van der Waals surface area contributed by atoms with Gasteiger partial charge in [-0.15, -0.1) is 11.3 Å². The molecule has 0 atom stereocenters. The Morgan fingerprint density at radius 1 is 1.17 bits per heavy atom. The van der Waals surface area contributed by atoms with E-state index in [9.17, 15) is 18.0 Å². The minimum absolute atomic E-state index is 0.0654. The largest absolute Gasteiger partial charge is 0.435 e. The summed E-state index contributed by atoms with van der Waals surface area (Å²) in [6, 6.07) is 10.9. The molecule has 0 aliphatic heterocycles. The minimum atomic E-state index is -4.57. The molecule has 0 radical (unpaired) electrons.